The lowest BCUT2D eigenvalue weighted by Gasteiger charge is -1.99. The third-order valence-electron chi connectivity index (χ3n) is 1.60. The number of hydrogen-bond donors (Lipinski definition) is 2. The Bertz CT molecular complexity index is 47.2. The molecule has 0 aliphatic carbocycles. The van der Waals surface area contributed by atoms with Gasteiger partial charge in [0.05, 0.1) is 0 Å². The minimum Gasteiger partial charge on any atom is -0.318 e. The van der Waals surface area contributed by atoms with E-state index in [1.807, 2.05) is 0 Å². The van der Waals surface area contributed by atoms with Crippen LogP contribution >= 0.6 is 0 Å². The van der Waals surface area contributed by atoms with E-state index in [2.05, 4.69) is 12.2 Å². The van der Waals surface area contributed by atoms with E-state index in [1.54, 1.807) is 0 Å². The average molecular weight is 144 g/mol. The molecule has 0 rings (SSSR count). The lowest BCUT2D eigenvalue weighted by molar-refractivity contribution is 0.589. The summed E-state index contributed by atoms with van der Waals surface area (Å²) < 4.78 is 0. The predicted molar refractivity (Wildman–Crippen MR) is 45.8 cm³/mol. The van der Waals surface area contributed by atoms with E-state index < -0.39 is 0 Å². The SMILES string of the molecule is CCCCCCCNCN. The quantitative estimate of drug-likeness (QED) is 0.419. The molecule has 0 unspecified atom stereocenters. The van der Waals surface area contributed by atoms with Crippen LogP contribution in [-0.4, -0.2) is 13.2 Å². The highest BCUT2D eigenvalue weighted by molar-refractivity contribution is 4.45. The maximum absolute atomic E-state index is 5.26. The Hall–Kier alpha value is -0.0800. The Balaban J connectivity index is 2.65. The molecule has 0 radical (unpaired) electrons. The highest BCUT2D eigenvalue weighted by atomic mass is 14.9. The fraction of sp³-hybridized carbons (Fsp3) is 1.00. The molecule has 62 valence electrons. The third kappa shape index (κ3) is 7.92. The molecule has 0 spiro atoms. The van der Waals surface area contributed by atoms with Crippen molar-refractivity contribution in [2.45, 2.75) is 39.0 Å². The summed E-state index contributed by atoms with van der Waals surface area (Å²) in [6.07, 6.45) is 6.70. The van der Waals surface area contributed by atoms with Crippen molar-refractivity contribution in [1.82, 2.24) is 5.32 Å². The van der Waals surface area contributed by atoms with E-state index in [9.17, 15) is 0 Å². The molecule has 0 bridgehead atoms. The van der Waals surface area contributed by atoms with E-state index in [0.29, 0.717) is 6.67 Å². The number of rotatable bonds is 7. The van der Waals surface area contributed by atoms with Gasteiger partial charge in [0.25, 0.3) is 0 Å². The first-order valence-electron chi connectivity index (χ1n) is 4.32. The molecule has 3 N–H and O–H groups in total. The normalized spacial score (nSPS) is 10.2. The predicted octanol–water partition coefficient (Wildman–Crippen LogP) is 1.46. The van der Waals surface area contributed by atoms with Gasteiger partial charge in [0.1, 0.15) is 0 Å². The summed E-state index contributed by atoms with van der Waals surface area (Å²) >= 11 is 0. The first-order chi connectivity index (χ1) is 4.91. The molecule has 0 aliphatic heterocycles. The number of hydrogen-bond acceptors (Lipinski definition) is 2. The molecule has 0 atom stereocenters. The summed E-state index contributed by atoms with van der Waals surface area (Å²) in [7, 11) is 0. The molecule has 2 nitrogen and oxygen atoms in total. The minimum atomic E-state index is 0.619. The van der Waals surface area contributed by atoms with Gasteiger partial charge in [0, 0.05) is 6.67 Å². The van der Waals surface area contributed by atoms with E-state index in [4.69, 9.17) is 5.73 Å². The van der Waals surface area contributed by atoms with Gasteiger partial charge < -0.3 is 11.1 Å². The Kier molecular flexibility index (Phi) is 8.85. The molecule has 0 aromatic carbocycles. The van der Waals surface area contributed by atoms with E-state index >= 15 is 0 Å². The van der Waals surface area contributed by atoms with E-state index in [-0.39, 0.29) is 0 Å². The van der Waals surface area contributed by atoms with Gasteiger partial charge in [0.15, 0.2) is 0 Å². The molecule has 0 aliphatic rings. The molecule has 0 aromatic heterocycles. The number of unbranched alkanes of at least 4 members (excludes halogenated alkanes) is 4. The third-order valence-corrected chi connectivity index (χ3v) is 1.60. The summed E-state index contributed by atoms with van der Waals surface area (Å²) in [4.78, 5) is 0. The van der Waals surface area contributed by atoms with Gasteiger partial charge in [-0.25, -0.2) is 0 Å². The molecule has 10 heavy (non-hydrogen) atoms. The van der Waals surface area contributed by atoms with Crippen molar-refractivity contribution < 1.29 is 0 Å². The van der Waals surface area contributed by atoms with Crippen molar-refractivity contribution in [2.75, 3.05) is 13.2 Å². The smallest absolute Gasteiger partial charge is 0.0428 e. The van der Waals surface area contributed by atoms with Crippen molar-refractivity contribution in [1.29, 1.82) is 0 Å². The van der Waals surface area contributed by atoms with Gasteiger partial charge in [-0.05, 0) is 13.0 Å². The summed E-state index contributed by atoms with van der Waals surface area (Å²) in [5.74, 6) is 0. The van der Waals surface area contributed by atoms with Gasteiger partial charge in [-0.1, -0.05) is 32.6 Å². The van der Waals surface area contributed by atoms with Gasteiger partial charge in [0.2, 0.25) is 0 Å². The summed E-state index contributed by atoms with van der Waals surface area (Å²) in [5.41, 5.74) is 5.26. The number of nitrogens with two attached hydrogens (primary N) is 1. The van der Waals surface area contributed by atoms with Crippen LogP contribution in [0.3, 0.4) is 0 Å². The van der Waals surface area contributed by atoms with Crippen LogP contribution in [0.25, 0.3) is 0 Å². The van der Waals surface area contributed by atoms with Gasteiger partial charge >= 0.3 is 0 Å². The van der Waals surface area contributed by atoms with Crippen molar-refractivity contribution >= 4 is 0 Å². The molecular weight excluding hydrogens is 124 g/mol. The van der Waals surface area contributed by atoms with E-state index in [1.165, 1.54) is 32.1 Å². The number of nitrogens with one attached hydrogen (secondary N) is 1. The standard InChI is InChI=1S/C8H20N2/c1-2-3-4-5-6-7-10-8-9/h10H,2-9H2,1H3. The zero-order valence-electron chi connectivity index (χ0n) is 7.03. The van der Waals surface area contributed by atoms with Crippen molar-refractivity contribution in [3.8, 4) is 0 Å². The fourth-order valence-corrected chi connectivity index (χ4v) is 0.956. The van der Waals surface area contributed by atoms with E-state index in [0.717, 1.165) is 6.54 Å². The molecule has 0 amide bonds. The second-order valence-corrected chi connectivity index (χ2v) is 2.62. The molecule has 0 heterocycles. The fourth-order valence-electron chi connectivity index (χ4n) is 0.956. The zero-order chi connectivity index (χ0) is 7.66. The Morgan fingerprint density at radius 3 is 2.40 bits per heavy atom. The molecule has 0 fully saturated rings. The van der Waals surface area contributed by atoms with Crippen LogP contribution in [0.15, 0.2) is 0 Å². The topological polar surface area (TPSA) is 38.0 Å². The van der Waals surface area contributed by atoms with Crippen molar-refractivity contribution in [2.24, 2.45) is 5.73 Å². The lowest BCUT2D eigenvalue weighted by atomic mass is 10.1. The minimum absolute atomic E-state index is 0.619. The molecule has 0 saturated heterocycles. The summed E-state index contributed by atoms with van der Waals surface area (Å²) in [5, 5.41) is 3.10. The lowest BCUT2D eigenvalue weighted by Crippen LogP contribution is -2.23. The molecular formula is C8H20N2. The second kappa shape index (κ2) is 8.92. The average Bonchev–Trinajstić information content (AvgIpc) is 1.97. The van der Waals surface area contributed by atoms with Crippen molar-refractivity contribution in [3.63, 3.8) is 0 Å². The Morgan fingerprint density at radius 2 is 1.80 bits per heavy atom. The maximum Gasteiger partial charge on any atom is 0.0428 e. The van der Waals surface area contributed by atoms with Crippen LogP contribution in [0.2, 0.25) is 0 Å². The van der Waals surface area contributed by atoms with Crippen LogP contribution in [-0.2, 0) is 0 Å². The van der Waals surface area contributed by atoms with Crippen LogP contribution in [0.5, 0.6) is 0 Å². The Labute approximate surface area is 64.2 Å². The summed E-state index contributed by atoms with van der Waals surface area (Å²) in [6.45, 7) is 3.94. The molecule has 0 aromatic rings. The summed E-state index contributed by atoms with van der Waals surface area (Å²) in [6, 6.07) is 0. The molecule has 0 saturated carbocycles. The highest BCUT2D eigenvalue weighted by Gasteiger charge is 1.86. The second-order valence-electron chi connectivity index (χ2n) is 2.62. The van der Waals surface area contributed by atoms with Gasteiger partial charge in [-0.15, -0.1) is 0 Å². The van der Waals surface area contributed by atoms with Crippen LogP contribution in [0.4, 0.5) is 0 Å². The monoisotopic (exact) mass is 144 g/mol. The van der Waals surface area contributed by atoms with Crippen LogP contribution in [0, 0.1) is 0 Å². The van der Waals surface area contributed by atoms with Gasteiger partial charge in [-0.2, -0.15) is 0 Å². The largest absolute Gasteiger partial charge is 0.318 e. The highest BCUT2D eigenvalue weighted by Crippen LogP contribution is 2.00. The maximum atomic E-state index is 5.26. The van der Waals surface area contributed by atoms with Crippen LogP contribution < -0.4 is 11.1 Å². The van der Waals surface area contributed by atoms with Crippen molar-refractivity contribution in [3.05, 3.63) is 0 Å². The Morgan fingerprint density at radius 1 is 1.10 bits per heavy atom. The molecule has 2 heteroatoms. The first-order valence-corrected chi connectivity index (χ1v) is 4.32. The van der Waals surface area contributed by atoms with Crippen LogP contribution in [0.1, 0.15) is 39.0 Å². The first kappa shape index (κ1) is 9.92. The zero-order valence-corrected chi connectivity index (χ0v) is 7.03. The van der Waals surface area contributed by atoms with Gasteiger partial charge in [-0.3, -0.25) is 0 Å².